The van der Waals surface area contributed by atoms with E-state index in [2.05, 4.69) is 17.6 Å². The summed E-state index contributed by atoms with van der Waals surface area (Å²) >= 11 is 0. The minimum atomic E-state index is -1.08. The number of carbonyl (C=O) groups is 4. The van der Waals surface area contributed by atoms with Crippen molar-refractivity contribution in [3.05, 3.63) is 35.4 Å². The first-order chi connectivity index (χ1) is 17.4. The van der Waals surface area contributed by atoms with Gasteiger partial charge in [0.2, 0.25) is 17.7 Å². The van der Waals surface area contributed by atoms with E-state index < -0.39 is 35.6 Å². The maximum Gasteiger partial charge on any atom is 0.408 e. The van der Waals surface area contributed by atoms with Gasteiger partial charge in [-0.1, -0.05) is 50.5 Å². The van der Waals surface area contributed by atoms with Crippen LogP contribution >= 0.6 is 0 Å². The molecule has 0 saturated heterocycles. The molecule has 4 N–H and O–H groups in total. The second kappa shape index (κ2) is 14.0. The molecular weight excluding hydrogens is 472 g/mol. The molecule has 206 valence electrons. The molecule has 9 nitrogen and oxygen atoms in total. The van der Waals surface area contributed by atoms with Crippen LogP contribution < -0.4 is 16.4 Å². The maximum absolute atomic E-state index is 13.8. The number of nitrogens with one attached hydrogen (secondary N) is 2. The number of rotatable bonds is 11. The van der Waals surface area contributed by atoms with E-state index in [0.29, 0.717) is 5.56 Å². The lowest BCUT2D eigenvalue weighted by atomic mass is 9.94. The number of carbonyl (C=O) groups excluding carboxylic acids is 4. The molecule has 9 heteroatoms. The Balaban J connectivity index is 2.38. The summed E-state index contributed by atoms with van der Waals surface area (Å²) in [5, 5.41) is 5.75. The van der Waals surface area contributed by atoms with Crippen molar-refractivity contribution in [3.8, 4) is 0 Å². The second-order valence-corrected chi connectivity index (χ2v) is 10.7. The molecule has 2 rings (SSSR count). The van der Waals surface area contributed by atoms with Crippen molar-refractivity contribution < 1.29 is 23.9 Å². The van der Waals surface area contributed by atoms with Crippen molar-refractivity contribution >= 4 is 23.8 Å². The minimum absolute atomic E-state index is 0.00432. The Morgan fingerprint density at radius 2 is 1.68 bits per heavy atom. The largest absolute Gasteiger partial charge is 0.444 e. The first-order valence-electron chi connectivity index (χ1n) is 13.4. The highest BCUT2D eigenvalue weighted by molar-refractivity contribution is 5.92. The standard InChI is InChI=1S/C28H44N4O5/c1-6-19-13-15-20(16-14-19)24(25(34)30-21-11-9-8-10-12-21)32(7-2)26(35)22(17-18-23(29)33)31-27(36)37-28(3,4)5/h13-16,21-22,24H,6-12,17-18H2,1-5H3,(H2,29,33)(H,30,34)(H,31,36). The number of hydrogen-bond acceptors (Lipinski definition) is 5. The molecule has 1 fully saturated rings. The molecule has 0 aliphatic heterocycles. The summed E-state index contributed by atoms with van der Waals surface area (Å²) in [5.41, 5.74) is 6.38. The fourth-order valence-electron chi connectivity index (χ4n) is 4.60. The third-order valence-electron chi connectivity index (χ3n) is 6.51. The maximum atomic E-state index is 13.8. The summed E-state index contributed by atoms with van der Waals surface area (Å²) in [6.45, 7) is 9.22. The van der Waals surface area contributed by atoms with Crippen molar-refractivity contribution in [2.45, 2.75) is 110 Å². The van der Waals surface area contributed by atoms with Gasteiger partial charge in [0.05, 0.1) is 0 Å². The first-order valence-corrected chi connectivity index (χ1v) is 13.4. The number of primary amides is 1. The molecule has 2 atom stereocenters. The SMILES string of the molecule is CCc1ccc(C(C(=O)NC2CCCCC2)N(CC)C(=O)C(CCC(N)=O)NC(=O)OC(C)(C)C)cc1. The number of benzene rings is 1. The molecule has 1 aromatic rings. The van der Waals surface area contributed by atoms with Crippen LogP contribution in [0, 0.1) is 0 Å². The van der Waals surface area contributed by atoms with Crippen LogP contribution in [-0.2, 0) is 25.5 Å². The number of alkyl carbamates (subject to hydrolysis) is 1. The number of ether oxygens (including phenoxy) is 1. The van der Waals surface area contributed by atoms with E-state index in [1.54, 1.807) is 27.7 Å². The van der Waals surface area contributed by atoms with Gasteiger partial charge in [0.25, 0.3) is 0 Å². The van der Waals surface area contributed by atoms with Crippen LogP contribution in [0.15, 0.2) is 24.3 Å². The highest BCUT2D eigenvalue weighted by atomic mass is 16.6. The zero-order valence-electron chi connectivity index (χ0n) is 23.0. The molecule has 2 unspecified atom stereocenters. The van der Waals surface area contributed by atoms with Gasteiger partial charge in [0.15, 0.2) is 0 Å². The van der Waals surface area contributed by atoms with Crippen LogP contribution in [0.1, 0.15) is 96.7 Å². The number of likely N-dealkylation sites (N-methyl/N-ethyl adjacent to an activating group) is 1. The summed E-state index contributed by atoms with van der Waals surface area (Å²) in [6, 6.07) is 5.76. The van der Waals surface area contributed by atoms with E-state index in [4.69, 9.17) is 10.5 Å². The minimum Gasteiger partial charge on any atom is -0.444 e. The molecule has 0 bridgehead atoms. The fourth-order valence-corrected chi connectivity index (χ4v) is 4.60. The van der Waals surface area contributed by atoms with Crippen molar-refractivity contribution in [1.82, 2.24) is 15.5 Å². The van der Waals surface area contributed by atoms with E-state index in [0.717, 1.165) is 44.1 Å². The van der Waals surface area contributed by atoms with Crippen molar-refractivity contribution in [2.24, 2.45) is 5.73 Å². The summed E-state index contributed by atoms with van der Waals surface area (Å²) in [7, 11) is 0. The predicted molar refractivity (Wildman–Crippen MR) is 143 cm³/mol. The Bertz CT molecular complexity index is 919. The summed E-state index contributed by atoms with van der Waals surface area (Å²) in [6.07, 6.45) is 5.07. The number of hydrogen-bond donors (Lipinski definition) is 3. The molecule has 1 aromatic carbocycles. The van der Waals surface area contributed by atoms with Crippen molar-refractivity contribution in [1.29, 1.82) is 0 Å². The monoisotopic (exact) mass is 516 g/mol. The van der Waals surface area contributed by atoms with E-state index in [1.165, 1.54) is 4.90 Å². The molecule has 0 spiro atoms. The molecule has 0 radical (unpaired) electrons. The summed E-state index contributed by atoms with van der Waals surface area (Å²) in [5.74, 6) is -1.32. The molecule has 1 saturated carbocycles. The van der Waals surface area contributed by atoms with Gasteiger partial charge in [-0.25, -0.2) is 4.79 Å². The van der Waals surface area contributed by atoms with Gasteiger partial charge < -0.3 is 26.0 Å². The Morgan fingerprint density at radius 3 is 2.19 bits per heavy atom. The first kappa shape index (κ1) is 30.1. The average Bonchev–Trinajstić information content (AvgIpc) is 2.84. The quantitative estimate of drug-likeness (QED) is 0.412. The lowest BCUT2D eigenvalue weighted by molar-refractivity contribution is -0.142. The van der Waals surface area contributed by atoms with E-state index in [-0.39, 0.29) is 31.3 Å². The van der Waals surface area contributed by atoms with Crippen molar-refractivity contribution in [3.63, 3.8) is 0 Å². The van der Waals surface area contributed by atoms with Gasteiger partial charge >= 0.3 is 6.09 Å². The second-order valence-electron chi connectivity index (χ2n) is 10.7. The number of nitrogens with two attached hydrogens (primary N) is 1. The Morgan fingerprint density at radius 1 is 1.05 bits per heavy atom. The molecule has 37 heavy (non-hydrogen) atoms. The van der Waals surface area contributed by atoms with E-state index in [1.807, 2.05) is 24.3 Å². The highest BCUT2D eigenvalue weighted by Crippen LogP contribution is 2.26. The lowest BCUT2D eigenvalue weighted by Crippen LogP contribution is -2.54. The zero-order chi connectivity index (χ0) is 27.6. The smallest absolute Gasteiger partial charge is 0.408 e. The number of aryl methyl sites for hydroxylation is 1. The van der Waals surface area contributed by atoms with Gasteiger partial charge in [0.1, 0.15) is 17.7 Å². The van der Waals surface area contributed by atoms with Crippen LogP contribution in [0.3, 0.4) is 0 Å². The normalized spacial score (nSPS) is 15.8. The Labute approximate surface area is 220 Å². The molecule has 0 aromatic heterocycles. The summed E-state index contributed by atoms with van der Waals surface area (Å²) in [4.78, 5) is 53.0. The Hall–Kier alpha value is -3.10. The van der Waals surface area contributed by atoms with E-state index in [9.17, 15) is 19.2 Å². The van der Waals surface area contributed by atoms with E-state index >= 15 is 0 Å². The van der Waals surface area contributed by atoms with Crippen LogP contribution in [-0.4, -0.2) is 52.9 Å². The molecule has 1 aliphatic rings. The van der Waals surface area contributed by atoms with Gasteiger partial charge in [-0.3, -0.25) is 14.4 Å². The summed E-state index contributed by atoms with van der Waals surface area (Å²) < 4.78 is 5.34. The number of nitrogens with zero attached hydrogens (tertiary/aromatic N) is 1. The molecule has 0 heterocycles. The van der Waals surface area contributed by atoms with Gasteiger partial charge in [-0.15, -0.1) is 0 Å². The zero-order valence-corrected chi connectivity index (χ0v) is 23.0. The highest BCUT2D eigenvalue weighted by Gasteiger charge is 2.36. The molecule has 4 amide bonds. The van der Waals surface area contributed by atoms with Crippen LogP contribution in [0.2, 0.25) is 0 Å². The van der Waals surface area contributed by atoms with Gasteiger partial charge in [0, 0.05) is 19.0 Å². The molecule has 1 aliphatic carbocycles. The topological polar surface area (TPSA) is 131 Å². The van der Waals surface area contributed by atoms with Crippen molar-refractivity contribution in [2.75, 3.05) is 6.54 Å². The Kier molecular flexibility index (Phi) is 11.4. The molecular formula is C28H44N4O5. The van der Waals surface area contributed by atoms with Gasteiger partial charge in [-0.2, -0.15) is 0 Å². The van der Waals surface area contributed by atoms with Gasteiger partial charge in [-0.05, 0) is 64.5 Å². The lowest BCUT2D eigenvalue weighted by Gasteiger charge is -2.35. The third-order valence-corrected chi connectivity index (χ3v) is 6.51. The third kappa shape index (κ3) is 9.70. The van der Waals surface area contributed by atoms with Crippen LogP contribution in [0.25, 0.3) is 0 Å². The van der Waals surface area contributed by atoms with Crippen LogP contribution in [0.4, 0.5) is 4.79 Å². The average molecular weight is 517 g/mol. The fraction of sp³-hybridized carbons (Fsp3) is 0.643. The predicted octanol–water partition coefficient (Wildman–Crippen LogP) is 3.75. The van der Waals surface area contributed by atoms with Crippen LogP contribution in [0.5, 0.6) is 0 Å². The number of amides is 4.